The minimum absolute atomic E-state index is 0.133. The molecule has 5 heteroatoms. The van der Waals surface area contributed by atoms with Gasteiger partial charge in [-0.2, -0.15) is 13.2 Å². The van der Waals surface area contributed by atoms with E-state index in [-0.39, 0.29) is 12.1 Å². The summed E-state index contributed by atoms with van der Waals surface area (Å²) < 4.78 is 38.5. The lowest BCUT2D eigenvalue weighted by Gasteiger charge is -2.26. The van der Waals surface area contributed by atoms with Crippen LogP contribution in [0.25, 0.3) is 0 Å². The zero-order chi connectivity index (χ0) is 13.1. The highest BCUT2D eigenvalue weighted by Crippen LogP contribution is 2.32. The Balaban J connectivity index is 2.83. The molecule has 0 spiro atoms. The molecule has 2 N–H and O–H groups in total. The standard InChI is InChI=1S/C12H16F3NO/c1-11(2,17)8-16-10(12(13,14)15)9-6-4-3-5-7-9/h3-7,10,16-17H,8H2,1-2H3. The summed E-state index contributed by atoms with van der Waals surface area (Å²) in [6.07, 6.45) is -4.38. The van der Waals surface area contributed by atoms with Crippen molar-refractivity contribution in [1.29, 1.82) is 0 Å². The molecule has 0 aliphatic heterocycles. The summed E-state index contributed by atoms with van der Waals surface area (Å²) in [6.45, 7) is 2.78. The normalized spacial score (nSPS) is 14.7. The van der Waals surface area contributed by atoms with Gasteiger partial charge >= 0.3 is 6.18 Å². The van der Waals surface area contributed by atoms with Gasteiger partial charge in [0.15, 0.2) is 0 Å². The molecule has 0 heterocycles. The Kier molecular flexibility index (Phi) is 4.16. The number of benzene rings is 1. The minimum atomic E-state index is -4.38. The molecule has 1 aromatic carbocycles. The molecule has 2 nitrogen and oxygen atoms in total. The van der Waals surface area contributed by atoms with Gasteiger partial charge in [0.2, 0.25) is 0 Å². The van der Waals surface area contributed by atoms with Crippen LogP contribution in [0, 0.1) is 0 Å². The molecule has 1 aromatic rings. The Labute approximate surface area is 98.5 Å². The zero-order valence-corrected chi connectivity index (χ0v) is 9.75. The van der Waals surface area contributed by atoms with Crippen molar-refractivity contribution < 1.29 is 18.3 Å². The lowest BCUT2D eigenvalue weighted by Crippen LogP contribution is -2.42. The Bertz CT molecular complexity index is 343. The van der Waals surface area contributed by atoms with Gasteiger partial charge in [-0.05, 0) is 19.4 Å². The van der Waals surface area contributed by atoms with Gasteiger partial charge in [-0.25, -0.2) is 0 Å². The van der Waals surface area contributed by atoms with E-state index in [4.69, 9.17) is 0 Å². The molecule has 0 fully saturated rings. The van der Waals surface area contributed by atoms with Crippen LogP contribution in [-0.2, 0) is 0 Å². The Morgan fingerprint density at radius 3 is 2.12 bits per heavy atom. The maximum Gasteiger partial charge on any atom is 0.407 e. The molecule has 1 atom stereocenters. The van der Waals surface area contributed by atoms with Gasteiger partial charge in [0.1, 0.15) is 6.04 Å². The maximum absolute atomic E-state index is 12.8. The molecule has 0 aromatic heterocycles. The van der Waals surface area contributed by atoms with E-state index in [1.165, 1.54) is 26.0 Å². The van der Waals surface area contributed by atoms with Gasteiger partial charge in [0, 0.05) is 6.54 Å². The maximum atomic E-state index is 12.8. The highest BCUT2D eigenvalue weighted by molar-refractivity contribution is 5.20. The molecule has 17 heavy (non-hydrogen) atoms. The molecule has 0 bridgehead atoms. The van der Waals surface area contributed by atoms with Crippen LogP contribution < -0.4 is 5.32 Å². The van der Waals surface area contributed by atoms with Crippen LogP contribution in [0.4, 0.5) is 13.2 Å². The van der Waals surface area contributed by atoms with Crippen LogP contribution in [0.2, 0.25) is 0 Å². The Morgan fingerprint density at radius 1 is 1.18 bits per heavy atom. The minimum Gasteiger partial charge on any atom is -0.389 e. The molecule has 0 saturated heterocycles. The second kappa shape index (κ2) is 5.06. The van der Waals surface area contributed by atoms with Crippen LogP contribution in [-0.4, -0.2) is 23.4 Å². The molecule has 1 unspecified atom stereocenters. The molecule has 0 radical (unpaired) electrons. The van der Waals surface area contributed by atoms with Gasteiger partial charge < -0.3 is 5.11 Å². The summed E-state index contributed by atoms with van der Waals surface area (Å²) in [6, 6.07) is 5.84. The molecular weight excluding hydrogens is 231 g/mol. The Hall–Kier alpha value is -1.07. The molecule has 1 rings (SSSR count). The fraction of sp³-hybridized carbons (Fsp3) is 0.500. The fourth-order valence-electron chi connectivity index (χ4n) is 1.42. The van der Waals surface area contributed by atoms with Gasteiger partial charge in [0.05, 0.1) is 5.60 Å². The predicted molar refractivity (Wildman–Crippen MR) is 59.5 cm³/mol. The topological polar surface area (TPSA) is 32.3 Å². The first-order chi connectivity index (χ1) is 7.70. The number of rotatable bonds is 4. The molecule has 0 aliphatic carbocycles. The highest BCUT2D eigenvalue weighted by Gasteiger charge is 2.40. The van der Waals surface area contributed by atoms with Crippen molar-refractivity contribution in [2.45, 2.75) is 31.7 Å². The third-order valence-electron chi connectivity index (χ3n) is 2.20. The lowest BCUT2D eigenvalue weighted by atomic mass is 10.0. The number of alkyl halides is 3. The summed E-state index contributed by atoms with van der Waals surface area (Å²) in [7, 11) is 0. The van der Waals surface area contributed by atoms with Crippen LogP contribution in [0.3, 0.4) is 0 Å². The second-order valence-electron chi connectivity index (χ2n) is 4.58. The van der Waals surface area contributed by atoms with Crippen molar-refractivity contribution in [2.75, 3.05) is 6.54 Å². The van der Waals surface area contributed by atoms with Crippen LogP contribution >= 0.6 is 0 Å². The monoisotopic (exact) mass is 247 g/mol. The van der Waals surface area contributed by atoms with Crippen molar-refractivity contribution in [1.82, 2.24) is 5.32 Å². The average molecular weight is 247 g/mol. The molecule has 0 amide bonds. The third-order valence-corrected chi connectivity index (χ3v) is 2.20. The van der Waals surface area contributed by atoms with Crippen molar-refractivity contribution in [3.05, 3.63) is 35.9 Å². The molecule has 96 valence electrons. The molecule has 0 aliphatic rings. The van der Waals surface area contributed by atoms with Gasteiger partial charge in [0.25, 0.3) is 0 Å². The molecular formula is C12H16F3NO. The summed E-state index contributed by atoms with van der Waals surface area (Å²) in [5, 5.41) is 11.8. The van der Waals surface area contributed by atoms with Crippen LogP contribution in [0.15, 0.2) is 30.3 Å². The largest absolute Gasteiger partial charge is 0.407 e. The second-order valence-corrected chi connectivity index (χ2v) is 4.58. The fourth-order valence-corrected chi connectivity index (χ4v) is 1.42. The number of hydrogen-bond donors (Lipinski definition) is 2. The lowest BCUT2D eigenvalue weighted by molar-refractivity contribution is -0.159. The van der Waals surface area contributed by atoms with E-state index in [1.54, 1.807) is 18.2 Å². The van der Waals surface area contributed by atoms with E-state index in [9.17, 15) is 18.3 Å². The number of hydrogen-bond acceptors (Lipinski definition) is 2. The smallest absolute Gasteiger partial charge is 0.389 e. The van der Waals surface area contributed by atoms with E-state index in [2.05, 4.69) is 5.32 Å². The first-order valence-electron chi connectivity index (χ1n) is 5.27. The van der Waals surface area contributed by atoms with Crippen molar-refractivity contribution in [3.63, 3.8) is 0 Å². The number of aliphatic hydroxyl groups is 1. The van der Waals surface area contributed by atoms with Crippen molar-refractivity contribution in [2.24, 2.45) is 0 Å². The third kappa shape index (κ3) is 4.75. The first-order valence-corrected chi connectivity index (χ1v) is 5.27. The molecule has 0 saturated carbocycles. The van der Waals surface area contributed by atoms with E-state index in [0.717, 1.165) is 0 Å². The summed E-state index contributed by atoms with van der Waals surface area (Å²) in [5.74, 6) is 0. The van der Waals surface area contributed by atoms with Gasteiger partial charge in [-0.1, -0.05) is 30.3 Å². The van der Waals surface area contributed by atoms with Crippen molar-refractivity contribution >= 4 is 0 Å². The number of nitrogens with one attached hydrogen (secondary N) is 1. The van der Waals surface area contributed by atoms with Crippen molar-refractivity contribution in [3.8, 4) is 0 Å². The van der Waals surface area contributed by atoms with E-state index in [0.29, 0.717) is 0 Å². The Morgan fingerprint density at radius 2 is 1.71 bits per heavy atom. The SMILES string of the molecule is CC(C)(O)CNC(c1ccccc1)C(F)(F)F. The van der Waals surface area contributed by atoms with E-state index < -0.39 is 17.8 Å². The highest BCUT2D eigenvalue weighted by atomic mass is 19.4. The van der Waals surface area contributed by atoms with Crippen LogP contribution in [0.5, 0.6) is 0 Å². The number of halogens is 3. The van der Waals surface area contributed by atoms with Crippen LogP contribution in [0.1, 0.15) is 25.5 Å². The summed E-state index contributed by atoms with van der Waals surface area (Å²) in [5.41, 5.74) is -1.04. The average Bonchev–Trinajstić information content (AvgIpc) is 2.15. The van der Waals surface area contributed by atoms with Gasteiger partial charge in [-0.15, -0.1) is 0 Å². The zero-order valence-electron chi connectivity index (χ0n) is 9.75. The van der Waals surface area contributed by atoms with Gasteiger partial charge in [-0.3, -0.25) is 5.32 Å². The predicted octanol–water partition coefficient (Wildman–Crippen LogP) is 2.65. The summed E-state index contributed by atoms with van der Waals surface area (Å²) >= 11 is 0. The quantitative estimate of drug-likeness (QED) is 0.857. The summed E-state index contributed by atoms with van der Waals surface area (Å²) in [4.78, 5) is 0. The van der Waals surface area contributed by atoms with E-state index >= 15 is 0 Å². The van der Waals surface area contributed by atoms with E-state index in [1.807, 2.05) is 0 Å². The first kappa shape index (κ1) is 14.0.